The molecule has 0 radical (unpaired) electrons. The third-order valence-corrected chi connectivity index (χ3v) is 5.16. The predicted molar refractivity (Wildman–Crippen MR) is 121 cm³/mol. The van der Waals surface area contributed by atoms with Gasteiger partial charge in [0.25, 0.3) is 0 Å². The van der Waals surface area contributed by atoms with Gasteiger partial charge in [-0.3, -0.25) is 4.99 Å². The van der Waals surface area contributed by atoms with Gasteiger partial charge < -0.3 is 29.7 Å². The van der Waals surface area contributed by atoms with Crippen molar-refractivity contribution in [1.29, 1.82) is 0 Å². The van der Waals surface area contributed by atoms with E-state index in [1.165, 1.54) is 0 Å². The predicted octanol–water partition coefficient (Wildman–Crippen LogP) is 3.64. The lowest BCUT2D eigenvalue weighted by Gasteiger charge is -2.22. The Morgan fingerprint density at radius 1 is 1.19 bits per heavy atom. The Kier molecular flexibility index (Phi) is 8.35. The second-order valence-corrected chi connectivity index (χ2v) is 7.27. The number of nitrogens with zero attached hydrogens (tertiary/aromatic N) is 2. The van der Waals surface area contributed by atoms with Gasteiger partial charge in [0.15, 0.2) is 17.5 Å². The number of halogens is 2. The normalized spacial score (nSPS) is 16.2. The van der Waals surface area contributed by atoms with Crippen LogP contribution >= 0.6 is 0 Å². The van der Waals surface area contributed by atoms with E-state index in [2.05, 4.69) is 20.4 Å². The number of hydrogen-bond donors (Lipinski definition) is 2. The third kappa shape index (κ3) is 6.15. The Morgan fingerprint density at radius 3 is 2.72 bits per heavy atom. The second kappa shape index (κ2) is 11.4. The van der Waals surface area contributed by atoms with Crippen LogP contribution < -0.4 is 29.7 Å². The highest BCUT2D eigenvalue weighted by Gasteiger charge is 2.26. The smallest absolute Gasteiger partial charge is 0.387 e. The first-order chi connectivity index (χ1) is 15.5. The van der Waals surface area contributed by atoms with Crippen LogP contribution in [0.3, 0.4) is 0 Å². The highest BCUT2D eigenvalue weighted by atomic mass is 19.3. The molecular weight excluding hydrogens is 418 g/mol. The Morgan fingerprint density at radius 2 is 2.00 bits per heavy atom. The van der Waals surface area contributed by atoms with E-state index in [1.807, 2.05) is 36.1 Å². The molecule has 2 N–H and O–H groups in total. The number of aliphatic imine (C=N–C) groups is 1. The zero-order chi connectivity index (χ0) is 22.9. The third-order valence-electron chi connectivity index (χ3n) is 5.16. The standard InChI is InChI=1S/C23H30F2N4O3/c1-4-31-21-13-16(9-10-20(21)30-3)14-27-23(26-2)28-17-11-12-29(15-17)18-7-5-6-8-19(18)32-22(24)25/h5-10,13,17,22H,4,11-12,14-15H2,1-3H3,(H2,26,27,28). The van der Waals surface area contributed by atoms with Crippen LogP contribution in [0.25, 0.3) is 0 Å². The fourth-order valence-electron chi connectivity index (χ4n) is 3.68. The number of alkyl halides is 2. The van der Waals surface area contributed by atoms with Crippen LogP contribution in [-0.4, -0.2) is 52.5 Å². The number of nitrogens with one attached hydrogen (secondary N) is 2. The summed E-state index contributed by atoms with van der Waals surface area (Å²) in [5, 5.41) is 6.72. The summed E-state index contributed by atoms with van der Waals surface area (Å²) >= 11 is 0. The molecule has 0 aromatic heterocycles. The molecule has 3 rings (SSSR count). The van der Waals surface area contributed by atoms with E-state index < -0.39 is 6.61 Å². The van der Waals surface area contributed by atoms with Crippen molar-refractivity contribution in [3.8, 4) is 17.2 Å². The molecular formula is C23H30F2N4O3. The molecule has 2 aromatic carbocycles. The summed E-state index contributed by atoms with van der Waals surface area (Å²) in [7, 11) is 3.33. The molecule has 1 atom stereocenters. The summed E-state index contributed by atoms with van der Waals surface area (Å²) in [4.78, 5) is 6.35. The Labute approximate surface area is 187 Å². The van der Waals surface area contributed by atoms with Crippen LogP contribution in [-0.2, 0) is 6.54 Å². The summed E-state index contributed by atoms with van der Waals surface area (Å²) in [6.07, 6.45) is 0.848. The fourth-order valence-corrected chi connectivity index (χ4v) is 3.68. The van der Waals surface area contributed by atoms with Gasteiger partial charge in [0, 0.05) is 32.7 Å². The van der Waals surface area contributed by atoms with Crippen molar-refractivity contribution in [2.75, 3.05) is 38.8 Å². The van der Waals surface area contributed by atoms with E-state index in [0.717, 1.165) is 18.5 Å². The van der Waals surface area contributed by atoms with Gasteiger partial charge in [0.2, 0.25) is 0 Å². The van der Waals surface area contributed by atoms with E-state index in [-0.39, 0.29) is 11.8 Å². The number of guanidine groups is 1. The van der Waals surface area contributed by atoms with Crippen molar-refractivity contribution in [2.24, 2.45) is 4.99 Å². The number of methoxy groups -OCH3 is 1. The number of hydrogen-bond acceptors (Lipinski definition) is 5. The Bertz CT molecular complexity index is 911. The molecule has 1 saturated heterocycles. The SMILES string of the molecule is CCOc1cc(CNC(=NC)NC2CCN(c3ccccc3OC(F)F)C2)ccc1OC. The van der Waals surface area contributed by atoms with E-state index in [4.69, 9.17) is 9.47 Å². The molecule has 1 aliphatic heterocycles. The summed E-state index contributed by atoms with van der Waals surface area (Å²) in [5.41, 5.74) is 1.70. The summed E-state index contributed by atoms with van der Waals surface area (Å²) in [5.74, 6) is 2.26. The molecule has 1 fully saturated rings. The van der Waals surface area contributed by atoms with Crippen molar-refractivity contribution in [3.63, 3.8) is 0 Å². The molecule has 1 unspecified atom stereocenters. The molecule has 0 spiro atoms. The van der Waals surface area contributed by atoms with Crippen LogP contribution in [0.4, 0.5) is 14.5 Å². The second-order valence-electron chi connectivity index (χ2n) is 7.27. The van der Waals surface area contributed by atoms with E-state index in [1.54, 1.807) is 32.4 Å². The number of rotatable bonds is 9. The zero-order valence-corrected chi connectivity index (χ0v) is 18.6. The maximum absolute atomic E-state index is 12.7. The molecule has 0 bridgehead atoms. The van der Waals surface area contributed by atoms with Crippen LogP contribution in [0.5, 0.6) is 17.2 Å². The van der Waals surface area contributed by atoms with Gasteiger partial charge in [-0.15, -0.1) is 0 Å². The average Bonchev–Trinajstić information content (AvgIpc) is 3.25. The van der Waals surface area contributed by atoms with Gasteiger partial charge >= 0.3 is 6.61 Å². The molecule has 9 heteroatoms. The average molecular weight is 449 g/mol. The molecule has 0 saturated carbocycles. The quantitative estimate of drug-likeness (QED) is 0.451. The van der Waals surface area contributed by atoms with Crippen molar-refractivity contribution in [2.45, 2.75) is 32.5 Å². The maximum atomic E-state index is 12.7. The molecule has 7 nitrogen and oxygen atoms in total. The van der Waals surface area contributed by atoms with Crippen molar-refractivity contribution in [3.05, 3.63) is 48.0 Å². The lowest BCUT2D eigenvalue weighted by atomic mass is 10.2. The Hall–Kier alpha value is -3.23. The minimum atomic E-state index is -2.85. The summed E-state index contributed by atoms with van der Waals surface area (Å²) in [6, 6.07) is 12.8. The number of ether oxygens (including phenoxy) is 3. The monoisotopic (exact) mass is 448 g/mol. The molecule has 1 heterocycles. The Balaban J connectivity index is 1.57. The summed E-state index contributed by atoms with van der Waals surface area (Å²) < 4.78 is 41.1. The molecule has 32 heavy (non-hydrogen) atoms. The first-order valence-electron chi connectivity index (χ1n) is 10.6. The van der Waals surface area contributed by atoms with Crippen LogP contribution in [0.2, 0.25) is 0 Å². The number of benzene rings is 2. The van der Waals surface area contributed by atoms with Gasteiger partial charge in [-0.05, 0) is 43.2 Å². The molecule has 2 aromatic rings. The van der Waals surface area contributed by atoms with Gasteiger partial charge in [0.05, 0.1) is 19.4 Å². The van der Waals surface area contributed by atoms with E-state index in [9.17, 15) is 8.78 Å². The molecule has 0 aliphatic carbocycles. The van der Waals surface area contributed by atoms with Crippen LogP contribution in [0, 0.1) is 0 Å². The topological polar surface area (TPSA) is 67.4 Å². The van der Waals surface area contributed by atoms with Crippen molar-refractivity contribution < 1.29 is 23.0 Å². The molecule has 174 valence electrons. The van der Waals surface area contributed by atoms with Crippen LogP contribution in [0.15, 0.2) is 47.5 Å². The lowest BCUT2D eigenvalue weighted by molar-refractivity contribution is -0.0495. The minimum absolute atomic E-state index is 0.121. The van der Waals surface area contributed by atoms with Gasteiger partial charge in [-0.1, -0.05) is 18.2 Å². The highest BCUT2D eigenvalue weighted by Crippen LogP contribution is 2.32. The van der Waals surface area contributed by atoms with Crippen LogP contribution in [0.1, 0.15) is 18.9 Å². The lowest BCUT2D eigenvalue weighted by Crippen LogP contribution is -2.44. The fraction of sp³-hybridized carbons (Fsp3) is 0.435. The zero-order valence-electron chi connectivity index (χ0n) is 18.6. The van der Waals surface area contributed by atoms with E-state index in [0.29, 0.717) is 42.8 Å². The first-order valence-corrected chi connectivity index (χ1v) is 10.6. The maximum Gasteiger partial charge on any atom is 0.387 e. The highest BCUT2D eigenvalue weighted by molar-refractivity contribution is 5.80. The van der Waals surface area contributed by atoms with Gasteiger partial charge in [-0.25, -0.2) is 0 Å². The van der Waals surface area contributed by atoms with Crippen molar-refractivity contribution in [1.82, 2.24) is 10.6 Å². The summed E-state index contributed by atoms with van der Waals surface area (Å²) in [6.45, 7) is 1.58. The van der Waals surface area contributed by atoms with Gasteiger partial charge in [-0.2, -0.15) is 8.78 Å². The van der Waals surface area contributed by atoms with E-state index >= 15 is 0 Å². The molecule has 1 aliphatic rings. The van der Waals surface area contributed by atoms with Crippen molar-refractivity contribution >= 4 is 11.6 Å². The largest absolute Gasteiger partial charge is 0.493 e. The number of anilines is 1. The molecule has 0 amide bonds. The minimum Gasteiger partial charge on any atom is -0.493 e. The van der Waals surface area contributed by atoms with Gasteiger partial charge in [0.1, 0.15) is 5.75 Å². The first kappa shape index (κ1) is 23.4. The number of para-hydroxylation sites is 2.